The Bertz CT molecular complexity index is 1040. The molecule has 2 aliphatic heterocycles. The summed E-state index contributed by atoms with van der Waals surface area (Å²) in [5, 5.41) is 3.31. The minimum Gasteiger partial charge on any atom is -0.348 e. The summed E-state index contributed by atoms with van der Waals surface area (Å²) in [5.41, 5.74) is -0.827. The van der Waals surface area contributed by atoms with Crippen molar-refractivity contribution in [2.45, 2.75) is 50.6 Å². The van der Waals surface area contributed by atoms with Crippen LogP contribution >= 0.6 is 11.3 Å². The largest absolute Gasteiger partial charge is 0.348 e. The number of thiazole rings is 1. The van der Waals surface area contributed by atoms with E-state index in [1.54, 1.807) is 0 Å². The number of amides is 1. The molecule has 6 nitrogen and oxygen atoms in total. The van der Waals surface area contributed by atoms with Gasteiger partial charge >= 0.3 is 0 Å². The van der Waals surface area contributed by atoms with Crippen LogP contribution in [0.25, 0.3) is 0 Å². The molecule has 5 rings (SSSR count). The Morgan fingerprint density at radius 3 is 2.64 bits per heavy atom. The smallest absolute Gasteiger partial charge is 0.263 e. The maximum atomic E-state index is 13.8. The number of piperidine rings is 2. The molecule has 33 heavy (non-hydrogen) atoms. The molecule has 0 aromatic carbocycles. The van der Waals surface area contributed by atoms with E-state index < -0.39 is 28.9 Å². The van der Waals surface area contributed by atoms with Gasteiger partial charge in [-0.3, -0.25) is 14.7 Å². The summed E-state index contributed by atoms with van der Waals surface area (Å²) in [6, 6.07) is 1.03. The molecule has 2 saturated heterocycles. The van der Waals surface area contributed by atoms with Crippen LogP contribution in [0.3, 0.4) is 0 Å². The maximum absolute atomic E-state index is 13.8. The molecule has 0 radical (unpaired) electrons. The van der Waals surface area contributed by atoms with E-state index in [0.29, 0.717) is 23.9 Å². The van der Waals surface area contributed by atoms with Crippen molar-refractivity contribution in [1.29, 1.82) is 0 Å². The van der Waals surface area contributed by atoms with Gasteiger partial charge in [0.25, 0.3) is 11.8 Å². The van der Waals surface area contributed by atoms with Gasteiger partial charge in [-0.15, -0.1) is 0 Å². The average Bonchev–Trinajstić information content (AvgIpc) is 3.13. The average molecular weight is 484 g/mol. The Hall–Kier alpha value is -2.27. The summed E-state index contributed by atoms with van der Waals surface area (Å²) < 4.78 is 54.3. The second kappa shape index (κ2) is 8.50. The van der Waals surface area contributed by atoms with Crippen molar-refractivity contribution in [3.05, 3.63) is 40.7 Å². The molecule has 1 amide bonds. The third-order valence-electron chi connectivity index (χ3n) is 7.09. The number of carbonyl (C=O) groups excluding carboxylic acids is 1. The maximum Gasteiger partial charge on any atom is 0.263 e. The molecule has 2 aromatic rings. The first-order valence-corrected chi connectivity index (χ1v) is 12.0. The summed E-state index contributed by atoms with van der Waals surface area (Å²) in [6.45, 7) is 2.73. The Morgan fingerprint density at radius 1 is 1.18 bits per heavy atom. The number of alkyl halides is 2. The Labute approximate surface area is 193 Å². The van der Waals surface area contributed by atoms with E-state index in [1.807, 2.05) is 0 Å². The molecule has 178 valence electrons. The van der Waals surface area contributed by atoms with Crippen LogP contribution < -0.4 is 10.2 Å². The number of hydrogen-bond acceptors (Lipinski definition) is 6. The zero-order valence-corrected chi connectivity index (χ0v) is 18.8. The van der Waals surface area contributed by atoms with Crippen molar-refractivity contribution in [2.24, 2.45) is 5.41 Å². The van der Waals surface area contributed by atoms with Crippen LogP contribution in [-0.4, -0.2) is 58.9 Å². The van der Waals surface area contributed by atoms with Crippen molar-refractivity contribution in [1.82, 2.24) is 20.2 Å². The zero-order chi connectivity index (χ0) is 23.2. The molecule has 0 bridgehead atoms. The summed E-state index contributed by atoms with van der Waals surface area (Å²) >= 11 is 1.25. The first kappa shape index (κ1) is 22.5. The first-order chi connectivity index (χ1) is 15.8. The predicted molar refractivity (Wildman–Crippen MR) is 115 cm³/mol. The van der Waals surface area contributed by atoms with Gasteiger partial charge in [-0.1, -0.05) is 11.3 Å². The number of nitrogens with one attached hydrogen (secondary N) is 1. The first-order valence-electron chi connectivity index (χ1n) is 11.2. The van der Waals surface area contributed by atoms with Crippen LogP contribution in [0.2, 0.25) is 0 Å². The molecule has 1 spiro atoms. The normalized spacial score (nSPS) is 25.4. The molecular formula is C22H25F4N5OS. The van der Waals surface area contributed by atoms with Crippen LogP contribution in [0.4, 0.5) is 22.7 Å². The lowest BCUT2D eigenvalue weighted by atomic mass is 9.91. The standard InChI is InChI=1S/C22H25F4N5OS/c23-14-8-16(24)17(27-9-14)10-28-19(32)18-11-29-20(33-18)30-6-2-15(3-7-30)31-5-1-4-21(13-31)12-22(21,25)26/h8-9,11,15H,1-7,10,12-13H2,(H,28,32)/t21-/m1/s1. The molecule has 1 N–H and O–H groups in total. The van der Waals surface area contributed by atoms with E-state index in [-0.39, 0.29) is 18.7 Å². The molecule has 1 atom stereocenters. The topological polar surface area (TPSA) is 61.4 Å². The van der Waals surface area contributed by atoms with Gasteiger partial charge in [-0.05, 0) is 32.2 Å². The van der Waals surface area contributed by atoms with Crippen LogP contribution in [0.15, 0.2) is 18.5 Å². The van der Waals surface area contributed by atoms with Crippen molar-refractivity contribution in [3.8, 4) is 0 Å². The van der Waals surface area contributed by atoms with Gasteiger partial charge in [0, 0.05) is 38.2 Å². The monoisotopic (exact) mass is 483 g/mol. The minimum absolute atomic E-state index is 0.0309. The highest BCUT2D eigenvalue weighted by Crippen LogP contribution is 2.64. The Morgan fingerprint density at radius 2 is 1.94 bits per heavy atom. The molecule has 4 heterocycles. The third kappa shape index (κ3) is 4.44. The van der Waals surface area contributed by atoms with E-state index in [2.05, 4.69) is 25.1 Å². The van der Waals surface area contributed by atoms with Crippen LogP contribution in [0.5, 0.6) is 0 Å². The number of carbonyl (C=O) groups is 1. The third-order valence-corrected chi connectivity index (χ3v) is 8.14. The van der Waals surface area contributed by atoms with Gasteiger partial charge in [0.15, 0.2) is 5.13 Å². The van der Waals surface area contributed by atoms with E-state index in [0.717, 1.165) is 56.3 Å². The summed E-state index contributed by atoms with van der Waals surface area (Å²) in [5.74, 6) is -4.48. The molecule has 3 fully saturated rings. The molecule has 2 aromatic heterocycles. The molecule has 11 heteroatoms. The van der Waals surface area contributed by atoms with E-state index in [9.17, 15) is 22.4 Å². The second-order valence-corrected chi connectivity index (χ2v) is 10.2. The quantitative estimate of drug-likeness (QED) is 0.655. The summed E-state index contributed by atoms with van der Waals surface area (Å²) in [6.07, 6.45) is 5.62. The van der Waals surface area contributed by atoms with Crippen molar-refractivity contribution in [3.63, 3.8) is 0 Å². The highest BCUT2D eigenvalue weighted by molar-refractivity contribution is 7.17. The predicted octanol–water partition coefficient (Wildman–Crippen LogP) is 3.84. The molecule has 1 saturated carbocycles. The van der Waals surface area contributed by atoms with Crippen molar-refractivity contribution < 1.29 is 22.4 Å². The number of halogens is 4. The number of hydrogen-bond donors (Lipinski definition) is 1. The van der Waals surface area contributed by atoms with Gasteiger partial charge in [0.2, 0.25) is 0 Å². The van der Waals surface area contributed by atoms with E-state index in [1.165, 1.54) is 17.5 Å². The second-order valence-electron chi connectivity index (χ2n) is 9.23. The Balaban J connectivity index is 1.13. The fourth-order valence-electron chi connectivity index (χ4n) is 5.07. The number of aromatic nitrogens is 2. The number of anilines is 1. The summed E-state index contributed by atoms with van der Waals surface area (Å²) in [4.78, 5) is 25.2. The number of likely N-dealkylation sites (tertiary alicyclic amines) is 1. The van der Waals surface area contributed by atoms with Crippen LogP contribution in [0, 0.1) is 17.0 Å². The molecule has 0 unspecified atom stereocenters. The van der Waals surface area contributed by atoms with Gasteiger partial charge < -0.3 is 10.2 Å². The highest BCUT2D eigenvalue weighted by atomic mass is 32.1. The summed E-state index contributed by atoms with van der Waals surface area (Å²) in [7, 11) is 0. The van der Waals surface area contributed by atoms with E-state index >= 15 is 0 Å². The van der Waals surface area contributed by atoms with Crippen LogP contribution in [0.1, 0.15) is 47.5 Å². The molecular weight excluding hydrogens is 458 g/mol. The Kier molecular flexibility index (Phi) is 5.80. The van der Waals surface area contributed by atoms with Crippen molar-refractivity contribution >= 4 is 22.4 Å². The van der Waals surface area contributed by atoms with Crippen molar-refractivity contribution in [2.75, 3.05) is 31.1 Å². The number of nitrogens with zero attached hydrogens (tertiary/aromatic N) is 4. The van der Waals surface area contributed by atoms with E-state index in [4.69, 9.17) is 0 Å². The molecule has 3 aliphatic rings. The minimum atomic E-state index is -2.50. The van der Waals surface area contributed by atoms with Gasteiger partial charge in [-0.2, -0.15) is 0 Å². The lowest BCUT2D eigenvalue weighted by molar-refractivity contribution is 0.00919. The van der Waals surface area contributed by atoms with Crippen LogP contribution in [-0.2, 0) is 6.54 Å². The zero-order valence-electron chi connectivity index (χ0n) is 18.0. The van der Waals surface area contributed by atoms with Gasteiger partial charge in [0.05, 0.1) is 30.0 Å². The number of pyridine rings is 1. The van der Waals surface area contributed by atoms with Gasteiger partial charge in [-0.25, -0.2) is 22.5 Å². The lowest BCUT2D eigenvalue weighted by Gasteiger charge is -2.42. The fraction of sp³-hybridized carbons (Fsp3) is 0.591. The fourth-order valence-corrected chi connectivity index (χ4v) is 5.95. The molecule has 1 aliphatic carbocycles. The highest BCUT2D eigenvalue weighted by Gasteiger charge is 2.71. The number of rotatable bonds is 5. The van der Waals surface area contributed by atoms with Gasteiger partial charge in [0.1, 0.15) is 16.5 Å². The lowest BCUT2D eigenvalue weighted by Crippen LogP contribution is -2.49. The SMILES string of the molecule is O=C(NCc1ncc(F)cc1F)c1cnc(N2CCC(N3CCC[C@]4(C3)CC4(F)F)CC2)s1.